The van der Waals surface area contributed by atoms with Gasteiger partial charge in [-0.2, -0.15) is 0 Å². The largest absolute Gasteiger partial charge is 0.492 e. The summed E-state index contributed by atoms with van der Waals surface area (Å²) < 4.78 is 7.95. The number of rotatable bonds is 5. The van der Waals surface area contributed by atoms with Crippen LogP contribution in [0.4, 0.5) is 10.5 Å². The van der Waals surface area contributed by atoms with Gasteiger partial charge in [-0.3, -0.25) is 0 Å². The number of carbonyl (C=O) groups is 1. The van der Waals surface area contributed by atoms with Gasteiger partial charge < -0.3 is 19.5 Å². The highest BCUT2D eigenvalue weighted by Crippen LogP contribution is 2.37. The minimum absolute atomic E-state index is 0.166. The summed E-state index contributed by atoms with van der Waals surface area (Å²) in [7, 11) is 0. The second-order valence-corrected chi connectivity index (χ2v) is 8.42. The highest BCUT2D eigenvalue weighted by Gasteiger charge is 2.33. The van der Waals surface area contributed by atoms with Crippen LogP contribution in [-0.4, -0.2) is 22.1 Å². The summed E-state index contributed by atoms with van der Waals surface area (Å²) in [6, 6.07) is 28.2. The van der Waals surface area contributed by atoms with Crippen molar-refractivity contribution < 1.29 is 9.53 Å². The molecule has 0 spiro atoms. The molecule has 1 N–H and O–H groups in total. The number of aryl methyl sites for hydroxylation is 1. The molecule has 0 aliphatic carbocycles. The van der Waals surface area contributed by atoms with E-state index in [-0.39, 0.29) is 12.1 Å². The monoisotopic (exact) mass is 451 g/mol. The number of hydrogen-bond donors (Lipinski definition) is 1. The first-order valence-corrected chi connectivity index (χ1v) is 11.8. The van der Waals surface area contributed by atoms with E-state index in [0.717, 1.165) is 28.9 Å². The van der Waals surface area contributed by atoms with Crippen molar-refractivity contribution in [2.75, 3.05) is 11.9 Å². The van der Waals surface area contributed by atoms with E-state index >= 15 is 0 Å². The average molecular weight is 452 g/mol. The molecule has 2 heterocycles. The Morgan fingerprint density at radius 3 is 2.50 bits per heavy atom. The Morgan fingerprint density at radius 1 is 0.941 bits per heavy atom. The number of para-hydroxylation sites is 3. The molecule has 3 aromatic carbocycles. The molecule has 5 rings (SSSR count). The van der Waals surface area contributed by atoms with Gasteiger partial charge in [-0.25, -0.2) is 4.79 Å². The summed E-state index contributed by atoms with van der Waals surface area (Å²) in [5.41, 5.74) is 6.28. The van der Waals surface area contributed by atoms with Crippen LogP contribution < -0.4 is 10.1 Å². The maximum absolute atomic E-state index is 13.9. The van der Waals surface area contributed by atoms with Crippen molar-refractivity contribution in [1.82, 2.24) is 9.47 Å². The Hall–Kier alpha value is -3.99. The third-order valence-corrected chi connectivity index (χ3v) is 6.36. The van der Waals surface area contributed by atoms with Crippen molar-refractivity contribution >= 4 is 11.7 Å². The number of carbonyl (C=O) groups excluding carboxylic acids is 1. The highest BCUT2D eigenvalue weighted by molar-refractivity contribution is 5.91. The number of nitrogens with one attached hydrogen (secondary N) is 1. The quantitative estimate of drug-likeness (QED) is 0.373. The minimum Gasteiger partial charge on any atom is -0.492 e. The normalized spacial score (nSPS) is 14.6. The zero-order valence-corrected chi connectivity index (χ0v) is 19.6. The van der Waals surface area contributed by atoms with Crippen LogP contribution in [0.5, 0.6) is 5.75 Å². The minimum atomic E-state index is -0.243. The topological polar surface area (TPSA) is 46.5 Å². The molecule has 5 nitrogen and oxygen atoms in total. The molecule has 2 amide bonds. The van der Waals surface area contributed by atoms with Crippen molar-refractivity contribution in [3.63, 3.8) is 0 Å². The van der Waals surface area contributed by atoms with Gasteiger partial charge in [0.1, 0.15) is 5.75 Å². The van der Waals surface area contributed by atoms with Crippen LogP contribution in [0.25, 0.3) is 5.69 Å². The van der Waals surface area contributed by atoms with Gasteiger partial charge >= 0.3 is 6.03 Å². The summed E-state index contributed by atoms with van der Waals surface area (Å²) >= 11 is 0. The van der Waals surface area contributed by atoms with Gasteiger partial charge in [-0.1, -0.05) is 61.5 Å². The number of aromatic nitrogens is 1. The van der Waals surface area contributed by atoms with Gasteiger partial charge in [0, 0.05) is 11.9 Å². The lowest BCUT2D eigenvalue weighted by Crippen LogP contribution is -2.38. The third kappa shape index (κ3) is 4.05. The second kappa shape index (κ2) is 9.48. The lowest BCUT2D eigenvalue weighted by atomic mass is 10.00. The Balaban J connectivity index is 1.60. The first-order chi connectivity index (χ1) is 16.7. The van der Waals surface area contributed by atoms with Crippen LogP contribution in [-0.2, 0) is 13.0 Å². The lowest BCUT2D eigenvalue weighted by molar-refractivity contribution is 0.194. The van der Waals surface area contributed by atoms with Crippen LogP contribution in [0, 0.1) is 0 Å². The van der Waals surface area contributed by atoms with Crippen molar-refractivity contribution in [2.24, 2.45) is 0 Å². The molecule has 0 fully saturated rings. The van der Waals surface area contributed by atoms with Gasteiger partial charge in [-0.05, 0) is 60.4 Å². The maximum atomic E-state index is 13.9. The van der Waals surface area contributed by atoms with Crippen LogP contribution in [0.3, 0.4) is 0 Å². The van der Waals surface area contributed by atoms with E-state index in [1.165, 1.54) is 5.56 Å². The van der Waals surface area contributed by atoms with Crippen LogP contribution >= 0.6 is 0 Å². The first-order valence-electron chi connectivity index (χ1n) is 11.8. The molecule has 4 aromatic rings. The summed E-state index contributed by atoms with van der Waals surface area (Å²) in [6.45, 7) is 5.11. The van der Waals surface area contributed by atoms with E-state index < -0.39 is 0 Å². The van der Waals surface area contributed by atoms with E-state index in [0.29, 0.717) is 24.6 Å². The van der Waals surface area contributed by atoms with E-state index in [1.54, 1.807) is 0 Å². The Morgan fingerprint density at radius 2 is 1.71 bits per heavy atom. The molecule has 1 aliphatic heterocycles. The molecule has 0 unspecified atom stereocenters. The molecular formula is C29H29N3O2. The number of nitrogens with zero attached hydrogens (tertiary/aromatic N) is 2. The number of benzene rings is 3. The molecule has 0 saturated carbocycles. The number of ether oxygens (including phenoxy) is 1. The molecule has 0 radical (unpaired) electrons. The van der Waals surface area contributed by atoms with E-state index in [1.807, 2.05) is 54.3 Å². The predicted octanol–water partition coefficient (Wildman–Crippen LogP) is 6.58. The smallest absolute Gasteiger partial charge is 0.323 e. The molecule has 1 atom stereocenters. The summed E-state index contributed by atoms with van der Waals surface area (Å²) in [5.74, 6) is 0.667. The highest BCUT2D eigenvalue weighted by atomic mass is 16.5. The summed E-state index contributed by atoms with van der Waals surface area (Å²) in [4.78, 5) is 15.8. The molecule has 5 heteroatoms. The van der Waals surface area contributed by atoms with Gasteiger partial charge in [0.15, 0.2) is 0 Å². The van der Waals surface area contributed by atoms with Crippen molar-refractivity contribution in [3.05, 3.63) is 114 Å². The maximum Gasteiger partial charge on any atom is 0.323 e. The van der Waals surface area contributed by atoms with Gasteiger partial charge in [0.2, 0.25) is 0 Å². The Labute approximate surface area is 200 Å². The number of anilines is 1. The number of urea groups is 1. The van der Waals surface area contributed by atoms with E-state index in [2.05, 4.69) is 65.5 Å². The lowest BCUT2D eigenvalue weighted by Gasteiger charge is -2.31. The van der Waals surface area contributed by atoms with Gasteiger partial charge in [0.05, 0.1) is 30.6 Å². The molecule has 1 aromatic heterocycles. The molecule has 1 aliphatic rings. The van der Waals surface area contributed by atoms with Gasteiger partial charge in [-0.15, -0.1) is 0 Å². The fourth-order valence-electron chi connectivity index (χ4n) is 4.66. The summed E-state index contributed by atoms with van der Waals surface area (Å²) in [5, 5.41) is 3.12. The summed E-state index contributed by atoms with van der Waals surface area (Å²) in [6.07, 6.45) is 3.05. The fourth-order valence-corrected chi connectivity index (χ4v) is 4.66. The SMILES string of the molecule is CCOc1ccccc1NC(=O)N1Cc2ccccc2-n2cccc2[C@@H]1c1ccc(CC)cc1. The second-order valence-electron chi connectivity index (χ2n) is 8.42. The van der Waals surface area contributed by atoms with E-state index in [4.69, 9.17) is 4.74 Å². The Bertz CT molecular complexity index is 1290. The standard InChI is InChI=1S/C29H29N3O2/c1-3-21-15-17-22(18-16-21)28-26-13-9-19-31(26)25-12-7-5-10-23(25)20-32(28)29(33)30-24-11-6-8-14-27(24)34-4-2/h5-19,28H,3-4,20H2,1-2H3,(H,30,33)/t28-/m0/s1. The van der Waals surface area contributed by atoms with E-state index in [9.17, 15) is 4.79 Å². The van der Waals surface area contributed by atoms with Crippen molar-refractivity contribution in [2.45, 2.75) is 32.9 Å². The van der Waals surface area contributed by atoms with Crippen LogP contribution in [0.1, 0.15) is 42.3 Å². The molecular weight excluding hydrogens is 422 g/mol. The number of amides is 2. The van der Waals surface area contributed by atoms with Crippen LogP contribution in [0.15, 0.2) is 91.1 Å². The fraction of sp³-hybridized carbons (Fsp3) is 0.207. The van der Waals surface area contributed by atoms with Crippen molar-refractivity contribution in [1.29, 1.82) is 0 Å². The molecule has 172 valence electrons. The third-order valence-electron chi connectivity index (χ3n) is 6.36. The molecule has 34 heavy (non-hydrogen) atoms. The molecule has 0 bridgehead atoms. The van der Waals surface area contributed by atoms with Gasteiger partial charge in [0.25, 0.3) is 0 Å². The average Bonchev–Trinajstić information content (AvgIpc) is 3.30. The zero-order chi connectivity index (χ0) is 23.5. The predicted molar refractivity (Wildman–Crippen MR) is 136 cm³/mol. The van der Waals surface area contributed by atoms with Crippen LogP contribution in [0.2, 0.25) is 0 Å². The number of hydrogen-bond acceptors (Lipinski definition) is 2. The Kier molecular flexibility index (Phi) is 6.09. The first kappa shape index (κ1) is 21.8. The zero-order valence-electron chi connectivity index (χ0n) is 19.6. The van der Waals surface area contributed by atoms with Crippen molar-refractivity contribution in [3.8, 4) is 11.4 Å². The molecule has 0 saturated heterocycles. The number of fused-ring (bicyclic) bond motifs is 3.